The maximum absolute atomic E-state index is 13.4. The third-order valence-corrected chi connectivity index (χ3v) is 8.60. The van der Waals surface area contributed by atoms with E-state index in [1.165, 1.54) is 0 Å². The lowest BCUT2D eigenvalue weighted by Gasteiger charge is -2.32. The van der Waals surface area contributed by atoms with Crippen LogP contribution in [0.1, 0.15) is 44.0 Å². The topological polar surface area (TPSA) is 122 Å². The molecule has 4 aromatic rings. The Balaban J connectivity index is 1.50. The van der Waals surface area contributed by atoms with Crippen molar-refractivity contribution in [2.24, 2.45) is 11.7 Å². The maximum Gasteiger partial charge on any atom is 0.251 e. The van der Waals surface area contributed by atoms with Gasteiger partial charge < -0.3 is 16.0 Å². The van der Waals surface area contributed by atoms with E-state index >= 15 is 0 Å². The number of nitrogens with one attached hydrogen (secondary N) is 1. The highest BCUT2D eigenvalue weighted by Crippen LogP contribution is 2.30. The molecule has 2 amide bonds. The van der Waals surface area contributed by atoms with E-state index in [-0.39, 0.29) is 23.8 Å². The quantitative estimate of drug-likeness (QED) is 0.303. The summed E-state index contributed by atoms with van der Waals surface area (Å²) in [7, 11) is 0. The zero-order valence-corrected chi connectivity index (χ0v) is 24.0. The maximum atomic E-state index is 13.4. The molecule has 0 spiro atoms. The van der Waals surface area contributed by atoms with Crippen LogP contribution in [0.5, 0.6) is 0 Å². The summed E-state index contributed by atoms with van der Waals surface area (Å²) in [5.74, 6) is 0.140. The number of hydrogen-bond acceptors (Lipinski definition) is 8. The van der Waals surface area contributed by atoms with Crippen molar-refractivity contribution in [2.45, 2.75) is 39.7 Å². The second-order valence-corrected chi connectivity index (χ2v) is 11.1. The molecule has 0 bridgehead atoms. The van der Waals surface area contributed by atoms with Gasteiger partial charge in [-0.2, -0.15) is 5.10 Å². The van der Waals surface area contributed by atoms with E-state index < -0.39 is 0 Å². The molecule has 10 nitrogen and oxygen atoms in total. The minimum Gasteiger partial charge on any atom is -0.369 e. The lowest BCUT2D eigenvalue weighted by atomic mass is 9.96. The smallest absolute Gasteiger partial charge is 0.251 e. The average Bonchev–Trinajstić information content (AvgIpc) is 3.66. The molecule has 0 aliphatic carbocycles. The highest BCUT2D eigenvalue weighted by molar-refractivity contribution is 7.13. The van der Waals surface area contributed by atoms with Gasteiger partial charge in [0.25, 0.3) is 5.91 Å². The molecule has 0 aromatic carbocycles. The fraction of sp³-hybridized carbons (Fsp3) is 0.414. The lowest BCUT2D eigenvalue weighted by molar-refractivity contribution is -0.122. The number of hydrogen-bond donors (Lipinski definition) is 2. The number of amides is 2. The Hall–Kier alpha value is -3.83. The number of primary amides is 1. The zero-order valence-electron chi connectivity index (χ0n) is 23.2. The molecule has 3 N–H and O–H groups in total. The Kier molecular flexibility index (Phi) is 8.41. The van der Waals surface area contributed by atoms with E-state index in [4.69, 9.17) is 15.7 Å². The van der Waals surface area contributed by atoms with Crippen molar-refractivity contribution in [3.05, 3.63) is 53.7 Å². The molecule has 0 radical (unpaired) electrons. The Morgan fingerprint density at radius 3 is 2.60 bits per heavy atom. The number of aromatic nitrogens is 4. The van der Waals surface area contributed by atoms with Gasteiger partial charge in [0, 0.05) is 43.4 Å². The van der Waals surface area contributed by atoms with Crippen LogP contribution < -0.4 is 16.0 Å². The molecule has 5 rings (SSSR count). The molecule has 11 heteroatoms. The van der Waals surface area contributed by atoms with Crippen LogP contribution in [0.2, 0.25) is 0 Å². The number of carbonyl (C=O) groups excluding carboxylic acids is 2. The normalized spacial score (nSPS) is 15.1. The van der Waals surface area contributed by atoms with Crippen LogP contribution in [-0.4, -0.2) is 75.1 Å². The summed E-state index contributed by atoms with van der Waals surface area (Å²) in [6.45, 7) is 10.0. The average molecular weight is 561 g/mol. The number of nitrogens with two attached hydrogens (primary N) is 1. The predicted octanol–water partition coefficient (Wildman–Crippen LogP) is 3.68. The van der Waals surface area contributed by atoms with Gasteiger partial charge in [-0.1, -0.05) is 19.9 Å². The summed E-state index contributed by atoms with van der Waals surface area (Å²) >= 11 is 1.63. The number of likely N-dealkylation sites (N-methyl/N-ethyl adjacent to an activating group) is 1. The number of piperidine rings is 1. The highest BCUT2D eigenvalue weighted by atomic mass is 32.1. The molecule has 4 aromatic heterocycles. The Labute approximate surface area is 238 Å². The first-order valence-electron chi connectivity index (χ1n) is 13.8. The fourth-order valence-corrected chi connectivity index (χ4v) is 5.97. The highest BCUT2D eigenvalue weighted by Gasteiger charge is 2.25. The van der Waals surface area contributed by atoms with Gasteiger partial charge in [-0.3, -0.25) is 14.5 Å². The van der Waals surface area contributed by atoms with Crippen LogP contribution in [0, 0.1) is 5.92 Å². The van der Waals surface area contributed by atoms with E-state index in [9.17, 15) is 9.59 Å². The minimum atomic E-state index is -0.261. The second kappa shape index (κ2) is 12.1. The molecule has 1 unspecified atom stereocenters. The molecule has 40 heavy (non-hydrogen) atoms. The van der Waals surface area contributed by atoms with Gasteiger partial charge >= 0.3 is 0 Å². The van der Waals surface area contributed by atoms with E-state index in [2.05, 4.69) is 41.0 Å². The first-order valence-corrected chi connectivity index (χ1v) is 14.7. The number of nitrogens with zero attached hydrogens (tertiary/aromatic N) is 6. The van der Waals surface area contributed by atoms with Gasteiger partial charge in [0.1, 0.15) is 5.82 Å². The van der Waals surface area contributed by atoms with Gasteiger partial charge in [0.05, 0.1) is 28.0 Å². The summed E-state index contributed by atoms with van der Waals surface area (Å²) in [6.07, 6.45) is 4.96. The third kappa shape index (κ3) is 5.85. The third-order valence-electron chi connectivity index (χ3n) is 7.71. The second-order valence-electron chi connectivity index (χ2n) is 10.2. The summed E-state index contributed by atoms with van der Waals surface area (Å²) in [5.41, 5.74) is 8.99. The Morgan fingerprint density at radius 1 is 1.15 bits per heavy atom. The Morgan fingerprint density at radius 2 is 1.93 bits per heavy atom. The molecule has 5 heterocycles. The van der Waals surface area contributed by atoms with Crippen LogP contribution in [0.25, 0.3) is 27.5 Å². The number of carbonyl (C=O) groups is 2. The number of thiophene rings is 1. The van der Waals surface area contributed by atoms with Gasteiger partial charge in [-0.25, -0.2) is 14.5 Å². The number of rotatable bonds is 10. The molecule has 1 fully saturated rings. The van der Waals surface area contributed by atoms with Crippen molar-refractivity contribution in [2.75, 3.05) is 37.6 Å². The fourth-order valence-electron chi connectivity index (χ4n) is 5.27. The molecule has 1 aliphatic rings. The first-order chi connectivity index (χ1) is 19.4. The monoisotopic (exact) mass is 560 g/mol. The first kappa shape index (κ1) is 27.7. The van der Waals surface area contributed by atoms with Crippen molar-refractivity contribution in [1.82, 2.24) is 29.8 Å². The van der Waals surface area contributed by atoms with Crippen LogP contribution in [-0.2, 0) is 4.79 Å². The van der Waals surface area contributed by atoms with Crippen molar-refractivity contribution < 1.29 is 9.59 Å². The molecule has 1 saturated heterocycles. The molecular weight excluding hydrogens is 524 g/mol. The van der Waals surface area contributed by atoms with E-state index in [1.54, 1.807) is 22.0 Å². The van der Waals surface area contributed by atoms with Crippen molar-refractivity contribution in [3.63, 3.8) is 0 Å². The summed E-state index contributed by atoms with van der Waals surface area (Å²) in [4.78, 5) is 40.5. The Bertz CT molecular complexity index is 1470. The summed E-state index contributed by atoms with van der Waals surface area (Å²) < 4.78 is 1.73. The molecule has 0 saturated carbocycles. The van der Waals surface area contributed by atoms with Crippen molar-refractivity contribution in [3.8, 4) is 21.8 Å². The predicted molar refractivity (Wildman–Crippen MR) is 158 cm³/mol. The van der Waals surface area contributed by atoms with Crippen LogP contribution in [0.15, 0.2) is 48.1 Å². The van der Waals surface area contributed by atoms with Crippen molar-refractivity contribution in [1.29, 1.82) is 0 Å². The number of fused-ring (bicyclic) bond motifs is 1. The van der Waals surface area contributed by atoms with Gasteiger partial charge in [-0.15, -0.1) is 11.3 Å². The van der Waals surface area contributed by atoms with Crippen molar-refractivity contribution >= 4 is 34.6 Å². The van der Waals surface area contributed by atoms with E-state index in [1.807, 2.05) is 41.9 Å². The minimum absolute atomic E-state index is 0.136. The van der Waals surface area contributed by atoms with Gasteiger partial charge in [-0.05, 0) is 62.5 Å². The standard InChI is InChI=1S/C29H36N8O2S/c1-4-35(5-2)19(3)17-31-29(39)21-15-24(33-26(16-21)36-11-8-20(9-12-36)27(30)38)22-18-32-37-13-10-23(34-28(22)37)25-7-6-14-40-25/h6-7,10,13-16,18-20H,4-5,8-9,11-12,17H2,1-3H3,(H2,30,38)(H,31,39). The van der Waals surface area contributed by atoms with Gasteiger partial charge in [0.15, 0.2) is 5.65 Å². The number of pyridine rings is 1. The lowest BCUT2D eigenvalue weighted by Crippen LogP contribution is -2.42. The van der Waals surface area contributed by atoms with Crippen LogP contribution >= 0.6 is 11.3 Å². The molecular formula is C29H36N8O2S. The molecule has 1 atom stereocenters. The number of anilines is 1. The zero-order chi connectivity index (χ0) is 28.2. The molecule has 210 valence electrons. The summed E-state index contributed by atoms with van der Waals surface area (Å²) in [6, 6.07) is 9.84. The van der Waals surface area contributed by atoms with Crippen LogP contribution in [0.3, 0.4) is 0 Å². The van der Waals surface area contributed by atoms with Crippen LogP contribution in [0.4, 0.5) is 5.82 Å². The van der Waals surface area contributed by atoms with E-state index in [0.29, 0.717) is 55.2 Å². The van der Waals surface area contributed by atoms with E-state index in [0.717, 1.165) is 29.2 Å². The largest absolute Gasteiger partial charge is 0.369 e. The molecule has 1 aliphatic heterocycles. The van der Waals surface area contributed by atoms with Gasteiger partial charge in [0.2, 0.25) is 5.91 Å². The summed E-state index contributed by atoms with van der Waals surface area (Å²) in [5, 5.41) is 9.65. The SMILES string of the molecule is CCN(CC)C(C)CNC(=O)c1cc(-c2cnn3ccc(-c4cccs4)nc23)nc(N2CCC(C(N)=O)CC2)c1.